The molecule has 7 atom stereocenters. The van der Waals surface area contributed by atoms with Crippen molar-refractivity contribution in [1.82, 2.24) is 10.3 Å². The fraction of sp³-hybridized carbons (Fsp3) is 0.730. The maximum Gasteiger partial charge on any atom is 0.407 e. The van der Waals surface area contributed by atoms with Crippen molar-refractivity contribution < 1.29 is 47.2 Å². The average molecular weight is 689 g/mol. The Morgan fingerprint density at radius 1 is 1.00 bits per heavy atom. The van der Waals surface area contributed by atoms with Gasteiger partial charge in [0.05, 0.1) is 49.7 Å². The van der Waals surface area contributed by atoms with E-state index in [4.69, 9.17) is 28.1 Å². The number of hydrogen-bond acceptors (Lipinski definition) is 11. The highest BCUT2D eigenvalue weighted by atomic mass is 16.6. The van der Waals surface area contributed by atoms with E-state index >= 15 is 0 Å². The van der Waals surface area contributed by atoms with Crippen LogP contribution in [0.15, 0.2) is 28.9 Å². The number of hydrogen-bond donors (Lipinski definition) is 1. The normalized spacial score (nSPS) is 28.3. The van der Waals surface area contributed by atoms with Gasteiger partial charge in [0.15, 0.2) is 0 Å². The fourth-order valence-corrected chi connectivity index (χ4v) is 6.84. The zero-order valence-electron chi connectivity index (χ0n) is 29.6. The second-order valence-corrected chi connectivity index (χ2v) is 13.8. The summed E-state index contributed by atoms with van der Waals surface area (Å²) in [4.78, 5) is 41.6. The van der Waals surface area contributed by atoms with Gasteiger partial charge in [0.25, 0.3) is 0 Å². The molecular formula is C37H56N2O10. The molecule has 49 heavy (non-hydrogen) atoms. The van der Waals surface area contributed by atoms with Crippen LogP contribution in [0.5, 0.6) is 0 Å². The highest BCUT2D eigenvalue weighted by Gasteiger charge is 2.37. The predicted molar refractivity (Wildman–Crippen MR) is 182 cm³/mol. The molecule has 0 radical (unpaired) electrons. The Kier molecular flexibility index (Phi) is 16.1. The molecule has 274 valence electrons. The van der Waals surface area contributed by atoms with Gasteiger partial charge in [-0.2, -0.15) is 0 Å². The molecule has 12 nitrogen and oxygen atoms in total. The number of ether oxygens (including phenoxy) is 6. The number of fused-ring (bicyclic) bond motifs is 4. The van der Waals surface area contributed by atoms with E-state index in [-0.39, 0.29) is 49.5 Å². The van der Waals surface area contributed by atoms with Gasteiger partial charge in [-0.15, -0.1) is 0 Å². The maximum atomic E-state index is 13.3. The number of nitrogens with one attached hydrogen (secondary N) is 1. The third-order valence-corrected chi connectivity index (χ3v) is 9.27. The minimum absolute atomic E-state index is 0.0652. The summed E-state index contributed by atoms with van der Waals surface area (Å²) < 4.78 is 40.8. The van der Waals surface area contributed by atoms with Crippen LogP contribution >= 0.6 is 0 Å². The Bertz CT molecular complexity index is 1230. The van der Waals surface area contributed by atoms with Crippen molar-refractivity contribution in [3.05, 3.63) is 36.1 Å². The first-order valence-electron chi connectivity index (χ1n) is 18.0. The third-order valence-electron chi connectivity index (χ3n) is 9.27. The highest BCUT2D eigenvalue weighted by Crippen LogP contribution is 2.32. The van der Waals surface area contributed by atoms with Crippen molar-refractivity contribution in [1.29, 1.82) is 0 Å². The molecule has 3 saturated heterocycles. The van der Waals surface area contributed by atoms with Gasteiger partial charge in [-0.25, -0.2) is 14.6 Å². The molecule has 2 unspecified atom stereocenters. The maximum absolute atomic E-state index is 13.3. The number of alkyl carbamates (subject to hydrolysis) is 1. The number of aromatic nitrogens is 1. The van der Waals surface area contributed by atoms with Gasteiger partial charge >= 0.3 is 18.0 Å². The number of carbonyl (C=O) groups is 3. The van der Waals surface area contributed by atoms with E-state index in [0.717, 1.165) is 50.6 Å². The lowest BCUT2D eigenvalue weighted by Gasteiger charge is -2.38. The van der Waals surface area contributed by atoms with Crippen LogP contribution in [0.25, 0.3) is 6.08 Å². The van der Waals surface area contributed by atoms with Gasteiger partial charge < -0.3 is 38.2 Å². The summed E-state index contributed by atoms with van der Waals surface area (Å²) in [5.74, 6) is 0.306. The van der Waals surface area contributed by atoms with Crippen molar-refractivity contribution in [3.8, 4) is 0 Å². The number of allylic oxidation sites excluding steroid dienone is 1. The molecule has 4 bridgehead atoms. The molecule has 0 aromatic carbocycles. The molecule has 1 amide bonds. The van der Waals surface area contributed by atoms with E-state index in [1.54, 1.807) is 31.6 Å². The van der Waals surface area contributed by atoms with E-state index in [2.05, 4.69) is 28.9 Å². The van der Waals surface area contributed by atoms with Gasteiger partial charge in [-0.1, -0.05) is 32.4 Å². The summed E-state index contributed by atoms with van der Waals surface area (Å²) in [5, 5.41) is 2.54. The molecule has 3 fully saturated rings. The number of nitrogens with zero attached hydrogens (tertiary/aromatic N) is 1. The lowest BCUT2D eigenvalue weighted by Crippen LogP contribution is -2.42. The number of methoxy groups -OCH3 is 2. The number of rotatable bonds is 13. The molecule has 1 aromatic rings. The largest absolute Gasteiger partial charge is 0.462 e. The molecule has 0 saturated carbocycles. The Morgan fingerprint density at radius 3 is 2.51 bits per heavy atom. The zero-order valence-corrected chi connectivity index (χ0v) is 29.6. The van der Waals surface area contributed by atoms with Gasteiger partial charge in [-0.3, -0.25) is 4.79 Å². The Balaban J connectivity index is 1.31. The van der Waals surface area contributed by atoms with E-state index in [1.165, 1.54) is 13.2 Å². The minimum Gasteiger partial charge on any atom is -0.462 e. The molecule has 1 N–H and O–H groups in total. The quantitative estimate of drug-likeness (QED) is 0.142. The zero-order chi connectivity index (χ0) is 35.0. The monoisotopic (exact) mass is 688 g/mol. The summed E-state index contributed by atoms with van der Waals surface area (Å²) in [5.41, 5.74) is 0.740. The van der Waals surface area contributed by atoms with E-state index < -0.39 is 24.3 Å². The Labute approximate surface area is 290 Å². The second kappa shape index (κ2) is 20.5. The van der Waals surface area contributed by atoms with Crippen molar-refractivity contribution in [2.24, 2.45) is 5.92 Å². The summed E-state index contributed by atoms with van der Waals surface area (Å²) in [6.45, 7) is 4.71. The number of esters is 2. The van der Waals surface area contributed by atoms with E-state index in [9.17, 15) is 14.4 Å². The molecular weight excluding hydrogens is 632 g/mol. The van der Waals surface area contributed by atoms with E-state index in [1.807, 2.05) is 0 Å². The number of amides is 1. The first kappa shape index (κ1) is 38.6. The molecule has 4 heterocycles. The molecule has 3 aliphatic rings. The van der Waals surface area contributed by atoms with Crippen LogP contribution in [0.1, 0.15) is 109 Å². The highest BCUT2D eigenvalue weighted by molar-refractivity contribution is 5.82. The van der Waals surface area contributed by atoms with Crippen LogP contribution in [0, 0.1) is 5.92 Å². The molecule has 12 heteroatoms. The average Bonchev–Trinajstić information content (AvgIpc) is 3.51. The Morgan fingerprint density at radius 2 is 1.73 bits per heavy atom. The van der Waals surface area contributed by atoms with Crippen molar-refractivity contribution in [3.63, 3.8) is 0 Å². The lowest BCUT2D eigenvalue weighted by molar-refractivity contribution is -0.171. The first-order valence-corrected chi connectivity index (χ1v) is 18.0. The van der Waals surface area contributed by atoms with Gasteiger partial charge in [0.1, 0.15) is 18.5 Å². The molecule has 0 spiro atoms. The fourth-order valence-electron chi connectivity index (χ4n) is 6.84. The van der Waals surface area contributed by atoms with Crippen molar-refractivity contribution >= 4 is 24.1 Å². The minimum atomic E-state index is -0.515. The summed E-state index contributed by atoms with van der Waals surface area (Å²) in [7, 11) is 3.02. The summed E-state index contributed by atoms with van der Waals surface area (Å²) in [6.07, 6.45) is 16.8. The molecule has 4 rings (SSSR count). The standard InChI is InChI=1S/C37H56N2O10/c1-25(2)10-7-12-29-18-27-13-8-14-28(46-27)19-30(43-3)20-31-21-32(22-33(47-31)23-36(41)48-29)49-35(40)16-6-5-11-26-24-45-34(39-26)15-9-17-38-37(42)44-4/h6,9,15-16,24-25,27-33H,5,7-8,10-14,17-23H2,1-4H3,(H,38,42)/t27-,28?,29-,30+,31?,32+,33-/m0/s1. The lowest BCUT2D eigenvalue weighted by atomic mass is 9.91. The van der Waals surface area contributed by atoms with Crippen LogP contribution in [0.4, 0.5) is 4.79 Å². The molecule has 1 aromatic heterocycles. The first-order chi connectivity index (χ1) is 23.7. The van der Waals surface area contributed by atoms with Gasteiger partial charge in [0.2, 0.25) is 5.89 Å². The molecule has 0 aliphatic carbocycles. The van der Waals surface area contributed by atoms with Crippen molar-refractivity contribution in [2.45, 2.75) is 146 Å². The summed E-state index contributed by atoms with van der Waals surface area (Å²) in [6, 6.07) is 0. The molecule has 3 aliphatic heterocycles. The summed E-state index contributed by atoms with van der Waals surface area (Å²) >= 11 is 0. The second-order valence-electron chi connectivity index (χ2n) is 13.8. The number of oxazole rings is 1. The van der Waals surface area contributed by atoms with Crippen LogP contribution < -0.4 is 5.32 Å². The van der Waals surface area contributed by atoms with Crippen LogP contribution in [0.2, 0.25) is 0 Å². The van der Waals surface area contributed by atoms with Crippen LogP contribution in [-0.4, -0.2) is 86.5 Å². The Hall–Kier alpha value is -3.22. The number of aryl methyl sites for hydroxylation is 1. The van der Waals surface area contributed by atoms with Gasteiger partial charge in [0, 0.05) is 39.0 Å². The third kappa shape index (κ3) is 14.3. The van der Waals surface area contributed by atoms with Crippen LogP contribution in [-0.2, 0) is 44.4 Å². The smallest absolute Gasteiger partial charge is 0.407 e. The predicted octanol–water partition coefficient (Wildman–Crippen LogP) is 6.26. The van der Waals surface area contributed by atoms with Crippen molar-refractivity contribution in [2.75, 3.05) is 20.8 Å². The topological polar surface area (TPSA) is 145 Å². The number of cyclic esters (lactones) is 1. The van der Waals surface area contributed by atoms with Gasteiger partial charge in [-0.05, 0) is 69.8 Å². The SMILES string of the molecule is COC(=O)NCC=Cc1nc(CCC=CC(=O)O[C@@H]2CC3C[C@H](OC)CC4CCC[C@@H](C[C@H](CCCC(C)C)OC(=O)C[C@H](C2)O3)O4)co1. The number of carbonyl (C=O) groups excluding carboxylic acids is 3. The van der Waals surface area contributed by atoms with E-state index in [0.29, 0.717) is 50.3 Å². The van der Waals surface area contributed by atoms with Crippen LogP contribution in [0.3, 0.4) is 0 Å².